The lowest BCUT2D eigenvalue weighted by atomic mass is 9.48. The molecule has 5 nitrogen and oxygen atoms in total. The van der Waals surface area contributed by atoms with Crippen molar-refractivity contribution >= 4 is 17.7 Å². The van der Waals surface area contributed by atoms with Crippen LogP contribution in [0.3, 0.4) is 0 Å². The van der Waals surface area contributed by atoms with Crippen molar-refractivity contribution in [3.8, 4) is 0 Å². The number of fused-ring (bicyclic) bond motifs is 1. The summed E-state index contributed by atoms with van der Waals surface area (Å²) < 4.78 is 11.0. The second-order valence-electron chi connectivity index (χ2n) is 8.87. The van der Waals surface area contributed by atoms with Crippen LogP contribution in [0.2, 0.25) is 0 Å². The van der Waals surface area contributed by atoms with E-state index in [1.165, 1.54) is 20.8 Å². The number of rotatable bonds is 5. The van der Waals surface area contributed by atoms with Crippen LogP contribution in [-0.4, -0.2) is 30.4 Å². The maximum Gasteiger partial charge on any atom is 0.303 e. The fourth-order valence-electron chi connectivity index (χ4n) is 5.32. The molecule has 27 heavy (non-hydrogen) atoms. The van der Waals surface area contributed by atoms with Gasteiger partial charge < -0.3 is 9.47 Å². The molecule has 1 saturated carbocycles. The summed E-state index contributed by atoms with van der Waals surface area (Å²) in [6.07, 6.45) is 8.20. The largest absolute Gasteiger partial charge is 0.461 e. The van der Waals surface area contributed by atoms with E-state index in [4.69, 9.17) is 9.47 Å². The van der Waals surface area contributed by atoms with Crippen LogP contribution in [0.25, 0.3) is 0 Å². The van der Waals surface area contributed by atoms with Crippen molar-refractivity contribution < 1.29 is 23.9 Å². The summed E-state index contributed by atoms with van der Waals surface area (Å²) in [7, 11) is 0. The molecule has 0 aromatic rings. The number of allylic oxidation sites excluding steroid dienone is 2. The zero-order chi connectivity index (χ0) is 20.4. The quantitative estimate of drug-likeness (QED) is 0.412. The fourth-order valence-corrected chi connectivity index (χ4v) is 5.32. The van der Waals surface area contributed by atoms with Gasteiger partial charge >= 0.3 is 11.9 Å². The van der Waals surface area contributed by atoms with E-state index in [0.29, 0.717) is 0 Å². The number of hydrogen-bond acceptors (Lipinski definition) is 5. The van der Waals surface area contributed by atoms with Crippen molar-refractivity contribution in [1.29, 1.82) is 0 Å². The first-order valence-corrected chi connectivity index (χ1v) is 9.67. The molecule has 0 spiro atoms. The highest BCUT2D eigenvalue weighted by atomic mass is 16.5. The van der Waals surface area contributed by atoms with Crippen LogP contribution in [0.4, 0.5) is 0 Å². The topological polar surface area (TPSA) is 69.7 Å². The second kappa shape index (κ2) is 7.99. The van der Waals surface area contributed by atoms with E-state index in [0.717, 1.165) is 24.8 Å². The van der Waals surface area contributed by atoms with E-state index in [1.54, 1.807) is 6.08 Å². The molecule has 2 aliphatic rings. The summed E-state index contributed by atoms with van der Waals surface area (Å²) in [5.74, 6) is -0.614. The minimum Gasteiger partial charge on any atom is -0.461 e. The zero-order valence-electron chi connectivity index (χ0n) is 17.3. The number of hydrogen-bond donors (Lipinski definition) is 0. The molecule has 0 aromatic heterocycles. The molecule has 150 valence electrons. The van der Waals surface area contributed by atoms with E-state index in [9.17, 15) is 14.4 Å². The van der Waals surface area contributed by atoms with Gasteiger partial charge in [0.05, 0.1) is 0 Å². The summed E-state index contributed by atoms with van der Waals surface area (Å²) >= 11 is 0. The number of carbonyl (C=O) groups excluding carboxylic acids is 3. The van der Waals surface area contributed by atoms with Crippen molar-refractivity contribution in [3.05, 3.63) is 23.8 Å². The third kappa shape index (κ3) is 4.69. The average Bonchev–Trinajstić information content (AvgIpc) is 2.49. The smallest absolute Gasteiger partial charge is 0.303 e. The van der Waals surface area contributed by atoms with Crippen LogP contribution < -0.4 is 0 Å². The SMILES string of the molecule is CC(=O)C=CC1C(COC(C)=O)=CC(OC(C)=O)C2C(C)(C)CCCC12C. The Bertz CT molecular complexity index is 672. The molecule has 0 saturated heterocycles. The second-order valence-corrected chi connectivity index (χ2v) is 8.87. The maximum absolute atomic E-state index is 11.8. The van der Waals surface area contributed by atoms with Gasteiger partial charge in [-0.25, -0.2) is 0 Å². The van der Waals surface area contributed by atoms with Crippen molar-refractivity contribution in [2.24, 2.45) is 22.7 Å². The molecule has 0 radical (unpaired) electrons. The van der Waals surface area contributed by atoms with Gasteiger partial charge in [0.15, 0.2) is 5.78 Å². The van der Waals surface area contributed by atoms with Crippen molar-refractivity contribution in [2.75, 3.05) is 6.61 Å². The number of esters is 2. The Labute approximate surface area is 162 Å². The molecule has 0 heterocycles. The van der Waals surface area contributed by atoms with E-state index < -0.39 is 0 Å². The van der Waals surface area contributed by atoms with Gasteiger partial charge in [0.1, 0.15) is 12.7 Å². The Morgan fingerprint density at radius 2 is 1.78 bits per heavy atom. The maximum atomic E-state index is 11.8. The van der Waals surface area contributed by atoms with Crippen LogP contribution in [-0.2, 0) is 23.9 Å². The van der Waals surface area contributed by atoms with E-state index in [-0.39, 0.29) is 53.1 Å². The molecule has 0 aromatic carbocycles. The minimum atomic E-state index is -0.365. The molecule has 1 fully saturated rings. The Hall–Kier alpha value is -1.91. The van der Waals surface area contributed by atoms with Gasteiger partial charge in [0.25, 0.3) is 0 Å². The molecule has 0 aliphatic heterocycles. The predicted molar refractivity (Wildman–Crippen MR) is 103 cm³/mol. The first-order valence-electron chi connectivity index (χ1n) is 9.67. The first kappa shape index (κ1) is 21.4. The van der Waals surface area contributed by atoms with E-state index in [2.05, 4.69) is 20.8 Å². The Morgan fingerprint density at radius 3 is 2.33 bits per heavy atom. The van der Waals surface area contributed by atoms with Gasteiger partial charge in [-0.05, 0) is 48.3 Å². The molecule has 2 rings (SSSR count). The van der Waals surface area contributed by atoms with Crippen LogP contribution in [0.15, 0.2) is 23.8 Å². The highest BCUT2D eigenvalue weighted by molar-refractivity contribution is 5.87. The van der Waals surface area contributed by atoms with Gasteiger partial charge in [-0.15, -0.1) is 0 Å². The Morgan fingerprint density at radius 1 is 1.11 bits per heavy atom. The third-order valence-electron chi connectivity index (χ3n) is 6.17. The molecule has 4 atom stereocenters. The summed E-state index contributed by atoms with van der Waals surface area (Å²) in [4.78, 5) is 34.8. The molecule has 0 amide bonds. The monoisotopic (exact) mass is 376 g/mol. The minimum absolute atomic E-state index is 0.0147. The van der Waals surface area contributed by atoms with Gasteiger partial charge in [0.2, 0.25) is 0 Å². The standard InChI is InChI=1S/C22H32O5/c1-14(23)8-9-18-17(13-26-15(2)24)12-19(27-16(3)25)20-21(4,5)10-7-11-22(18,20)6/h8-9,12,18-20H,7,10-11,13H2,1-6H3. The van der Waals surface area contributed by atoms with Crippen molar-refractivity contribution in [3.63, 3.8) is 0 Å². The van der Waals surface area contributed by atoms with Gasteiger partial charge in [-0.3, -0.25) is 14.4 Å². The number of ketones is 1. The predicted octanol–water partition coefficient (Wildman–Crippen LogP) is 4.02. The van der Waals surface area contributed by atoms with Crippen LogP contribution in [0.5, 0.6) is 0 Å². The lowest BCUT2D eigenvalue weighted by Gasteiger charge is -2.58. The molecule has 0 N–H and O–H groups in total. The van der Waals surface area contributed by atoms with Crippen molar-refractivity contribution in [2.45, 2.75) is 66.9 Å². The lowest BCUT2D eigenvalue weighted by Crippen LogP contribution is -2.55. The highest BCUT2D eigenvalue weighted by Crippen LogP contribution is 2.60. The summed E-state index contributed by atoms with van der Waals surface area (Å²) in [5, 5.41) is 0. The van der Waals surface area contributed by atoms with Gasteiger partial charge in [0, 0.05) is 25.7 Å². The fraction of sp³-hybridized carbons (Fsp3) is 0.682. The van der Waals surface area contributed by atoms with Crippen LogP contribution >= 0.6 is 0 Å². The molecule has 2 aliphatic carbocycles. The van der Waals surface area contributed by atoms with Crippen LogP contribution in [0.1, 0.15) is 60.8 Å². The zero-order valence-corrected chi connectivity index (χ0v) is 17.3. The molecular formula is C22H32O5. The van der Waals surface area contributed by atoms with Gasteiger partial charge in [-0.2, -0.15) is 0 Å². The molecule has 4 unspecified atom stereocenters. The normalized spacial score (nSPS) is 32.4. The summed E-state index contributed by atoms with van der Waals surface area (Å²) in [6.45, 7) is 11.1. The first-order chi connectivity index (χ1) is 12.5. The number of ether oxygens (including phenoxy) is 2. The summed E-state index contributed by atoms with van der Waals surface area (Å²) in [5.41, 5.74) is 0.683. The summed E-state index contributed by atoms with van der Waals surface area (Å²) in [6, 6.07) is 0. The van der Waals surface area contributed by atoms with E-state index in [1.807, 2.05) is 12.2 Å². The average molecular weight is 376 g/mol. The lowest BCUT2D eigenvalue weighted by molar-refractivity contribution is -0.160. The highest BCUT2D eigenvalue weighted by Gasteiger charge is 2.56. The Kier molecular flexibility index (Phi) is 6.33. The van der Waals surface area contributed by atoms with Crippen LogP contribution in [0, 0.1) is 22.7 Å². The molecule has 0 bridgehead atoms. The number of carbonyl (C=O) groups is 3. The molecule has 5 heteroatoms. The third-order valence-corrected chi connectivity index (χ3v) is 6.17. The Balaban J connectivity index is 2.57. The van der Waals surface area contributed by atoms with Gasteiger partial charge in [-0.1, -0.05) is 33.3 Å². The molecular weight excluding hydrogens is 344 g/mol. The van der Waals surface area contributed by atoms with E-state index >= 15 is 0 Å². The van der Waals surface area contributed by atoms with Crippen molar-refractivity contribution in [1.82, 2.24) is 0 Å².